The second-order valence-corrected chi connectivity index (χ2v) is 6.88. The minimum Gasteiger partial charge on any atom is -0.459 e. The lowest BCUT2D eigenvalue weighted by molar-refractivity contribution is 0.0727. The van der Waals surface area contributed by atoms with Crippen LogP contribution in [0, 0.1) is 13.8 Å². The average molecular weight is 359 g/mol. The normalized spacial score (nSPS) is 12.4. The molecule has 1 atom stereocenters. The topological polar surface area (TPSA) is 59.2 Å². The number of fused-ring (bicyclic) bond motifs is 2. The monoisotopic (exact) mass is 359 g/mol. The summed E-state index contributed by atoms with van der Waals surface area (Å²) in [6.45, 7) is 5.82. The standard InChI is InChI=1S/C22H21N3O2/c1-13-14(2)24-19-11-17(9-10-18(19)23-13)22(26)25(4)15(3)21-12-16-7-5-6-8-20(16)27-21/h5-12,15H,1-4H3/t15-/m1/s1. The van der Waals surface area contributed by atoms with E-state index in [9.17, 15) is 4.79 Å². The molecule has 0 unspecified atom stereocenters. The Bertz CT molecular complexity index is 1130. The molecule has 0 spiro atoms. The third kappa shape index (κ3) is 3.05. The van der Waals surface area contributed by atoms with E-state index < -0.39 is 0 Å². The highest BCUT2D eigenvalue weighted by Gasteiger charge is 2.22. The summed E-state index contributed by atoms with van der Waals surface area (Å²) in [4.78, 5) is 23.8. The number of aryl methyl sites for hydroxylation is 2. The molecule has 0 radical (unpaired) electrons. The van der Waals surface area contributed by atoms with E-state index in [-0.39, 0.29) is 11.9 Å². The Morgan fingerprint density at radius 2 is 1.70 bits per heavy atom. The van der Waals surface area contributed by atoms with E-state index in [1.165, 1.54) is 0 Å². The summed E-state index contributed by atoms with van der Waals surface area (Å²) in [7, 11) is 1.79. The number of carbonyl (C=O) groups excluding carboxylic acids is 1. The Hall–Kier alpha value is -3.21. The van der Waals surface area contributed by atoms with Gasteiger partial charge in [-0.1, -0.05) is 18.2 Å². The third-order valence-electron chi connectivity index (χ3n) is 5.08. The van der Waals surface area contributed by atoms with Crippen LogP contribution in [0.4, 0.5) is 0 Å². The summed E-state index contributed by atoms with van der Waals surface area (Å²) >= 11 is 0. The highest BCUT2D eigenvalue weighted by atomic mass is 16.3. The van der Waals surface area contributed by atoms with Gasteiger partial charge >= 0.3 is 0 Å². The number of carbonyl (C=O) groups is 1. The van der Waals surface area contributed by atoms with Gasteiger partial charge in [-0.15, -0.1) is 0 Å². The third-order valence-corrected chi connectivity index (χ3v) is 5.08. The smallest absolute Gasteiger partial charge is 0.254 e. The fourth-order valence-electron chi connectivity index (χ4n) is 3.14. The maximum absolute atomic E-state index is 13.0. The van der Waals surface area contributed by atoms with Crippen LogP contribution in [0.1, 0.15) is 40.5 Å². The number of para-hydroxylation sites is 1. The molecular formula is C22H21N3O2. The molecule has 5 nitrogen and oxygen atoms in total. The van der Waals surface area contributed by atoms with Gasteiger partial charge in [-0.3, -0.25) is 4.79 Å². The molecule has 0 saturated carbocycles. The van der Waals surface area contributed by atoms with Gasteiger partial charge in [-0.05, 0) is 51.1 Å². The van der Waals surface area contributed by atoms with Crippen LogP contribution < -0.4 is 0 Å². The van der Waals surface area contributed by atoms with Gasteiger partial charge in [0.25, 0.3) is 5.91 Å². The van der Waals surface area contributed by atoms with Crippen LogP contribution in [-0.2, 0) is 0 Å². The van der Waals surface area contributed by atoms with E-state index in [4.69, 9.17) is 4.42 Å². The number of hydrogen-bond donors (Lipinski definition) is 0. The van der Waals surface area contributed by atoms with E-state index in [1.807, 2.05) is 57.2 Å². The van der Waals surface area contributed by atoms with Gasteiger partial charge in [-0.25, -0.2) is 9.97 Å². The minimum absolute atomic E-state index is 0.0788. The fraction of sp³-hybridized carbons (Fsp3) is 0.227. The molecule has 136 valence electrons. The number of rotatable bonds is 3. The zero-order chi connectivity index (χ0) is 19.1. The zero-order valence-electron chi connectivity index (χ0n) is 15.9. The Morgan fingerprint density at radius 3 is 2.44 bits per heavy atom. The van der Waals surface area contributed by atoms with E-state index in [0.29, 0.717) is 5.56 Å². The first-order valence-corrected chi connectivity index (χ1v) is 8.94. The van der Waals surface area contributed by atoms with Crippen molar-refractivity contribution in [2.24, 2.45) is 0 Å². The van der Waals surface area contributed by atoms with Crippen molar-refractivity contribution >= 4 is 27.9 Å². The molecule has 0 N–H and O–H groups in total. The molecule has 0 saturated heterocycles. The molecule has 0 aliphatic rings. The van der Waals surface area contributed by atoms with Gasteiger partial charge in [0.05, 0.1) is 28.5 Å². The summed E-state index contributed by atoms with van der Waals surface area (Å²) in [6.07, 6.45) is 0. The SMILES string of the molecule is Cc1nc2ccc(C(=O)N(C)[C@H](C)c3cc4ccccc4o3)cc2nc1C. The van der Waals surface area contributed by atoms with Gasteiger partial charge in [0.15, 0.2) is 0 Å². The van der Waals surface area contributed by atoms with Gasteiger partial charge in [0.2, 0.25) is 0 Å². The van der Waals surface area contributed by atoms with Crippen LogP contribution in [0.3, 0.4) is 0 Å². The van der Waals surface area contributed by atoms with Crippen molar-refractivity contribution in [3.05, 3.63) is 71.2 Å². The zero-order valence-corrected chi connectivity index (χ0v) is 15.9. The second-order valence-electron chi connectivity index (χ2n) is 6.88. The molecule has 2 heterocycles. The highest BCUT2D eigenvalue weighted by Crippen LogP contribution is 2.28. The van der Waals surface area contributed by atoms with Gasteiger partial charge in [-0.2, -0.15) is 0 Å². The minimum atomic E-state index is -0.188. The van der Waals surface area contributed by atoms with E-state index >= 15 is 0 Å². The van der Waals surface area contributed by atoms with Crippen molar-refractivity contribution in [3.63, 3.8) is 0 Å². The largest absolute Gasteiger partial charge is 0.459 e. The molecule has 0 aliphatic carbocycles. The predicted molar refractivity (Wildman–Crippen MR) is 106 cm³/mol. The van der Waals surface area contributed by atoms with Crippen molar-refractivity contribution in [3.8, 4) is 0 Å². The van der Waals surface area contributed by atoms with Crippen molar-refractivity contribution in [2.75, 3.05) is 7.05 Å². The maximum Gasteiger partial charge on any atom is 0.254 e. The van der Waals surface area contributed by atoms with Crippen LogP contribution in [0.15, 0.2) is 52.9 Å². The lowest BCUT2D eigenvalue weighted by Crippen LogP contribution is -2.29. The van der Waals surface area contributed by atoms with Crippen molar-refractivity contribution in [1.82, 2.24) is 14.9 Å². The highest BCUT2D eigenvalue weighted by molar-refractivity contribution is 5.97. The first kappa shape index (κ1) is 17.2. The molecule has 1 amide bonds. The number of aromatic nitrogens is 2. The first-order chi connectivity index (χ1) is 12.9. The van der Waals surface area contributed by atoms with Crippen molar-refractivity contribution < 1.29 is 9.21 Å². The van der Waals surface area contributed by atoms with Gasteiger partial charge in [0.1, 0.15) is 11.3 Å². The number of furan rings is 1. The molecule has 5 heteroatoms. The molecule has 2 aromatic heterocycles. The molecule has 2 aromatic carbocycles. The molecule has 4 rings (SSSR count). The van der Waals surface area contributed by atoms with Gasteiger partial charge in [0, 0.05) is 18.0 Å². The molecule has 0 fully saturated rings. The number of nitrogens with zero attached hydrogens (tertiary/aromatic N) is 3. The number of hydrogen-bond acceptors (Lipinski definition) is 4. The molecule has 4 aromatic rings. The second kappa shape index (κ2) is 6.50. The Kier molecular flexibility index (Phi) is 4.15. The van der Waals surface area contributed by atoms with Gasteiger partial charge < -0.3 is 9.32 Å². The Labute approximate surface area is 157 Å². The van der Waals surface area contributed by atoms with Crippen LogP contribution in [-0.4, -0.2) is 27.8 Å². The lowest BCUT2D eigenvalue weighted by atomic mass is 10.1. The maximum atomic E-state index is 13.0. The fourth-order valence-corrected chi connectivity index (χ4v) is 3.14. The van der Waals surface area contributed by atoms with Crippen LogP contribution in [0.2, 0.25) is 0 Å². The van der Waals surface area contributed by atoms with E-state index in [2.05, 4.69) is 9.97 Å². The average Bonchev–Trinajstić information content (AvgIpc) is 3.11. The first-order valence-electron chi connectivity index (χ1n) is 8.94. The summed E-state index contributed by atoms with van der Waals surface area (Å²) in [5.74, 6) is 0.684. The summed E-state index contributed by atoms with van der Waals surface area (Å²) in [5.41, 5.74) is 4.71. The summed E-state index contributed by atoms with van der Waals surface area (Å²) in [5, 5.41) is 1.03. The number of benzene rings is 2. The molecular weight excluding hydrogens is 338 g/mol. The Balaban J connectivity index is 1.64. The lowest BCUT2D eigenvalue weighted by Gasteiger charge is -2.23. The van der Waals surface area contributed by atoms with E-state index in [1.54, 1.807) is 24.1 Å². The van der Waals surface area contributed by atoms with Crippen LogP contribution in [0.5, 0.6) is 0 Å². The van der Waals surface area contributed by atoms with Crippen molar-refractivity contribution in [2.45, 2.75) is 26.8 Å². The summed E-state index contributed by atoms with van der Waals surface area (Å²) < 4.78 is 5.92. The molecule has 27 heavy (non-hydrogen) atoms. The molecule has 0 bridgehead atoms. The summed E-state index contributed by atoms with van der Waals surface area (Å²) in [6, 6.07) is 15.1. The van der Waals surface area contributed by atoms with E-state index in [0.717, 1.165) is 39.2 Å². The predicted octanol–water partition coefficient (Wildman–Crippen LogP) is 4.83. The Morgan fingerprint density at radius 1 is 1.00 bits per heavy atom. The van der Waals surface area contributed by atoms with Crippen LogP contribution in [0.25, 0.3) is 22.0 Å². The van der Waals surface area contributed by atoms with Crippen molar-refractivity contribution in [1.29, 1.82) is 0 Å². The number of amides is 1. The molecule has 0 aliphatic heterocycles. The van der Waals surface area contributed by atoms with Crippen LogP contribution >= 0.6 is 0 Å². The quantitative estimate of drug-likeness (QED) is 0.526.